The smallest absolute Gasteiger partial charge is 0.231 e. The summed E-state index contributed by atoms with van der Waals surface area (Å²) < 4.78 is 19.1. The second-order valence-corrected chi connectivity index (χ2v) is 7.47. The first-order valence-electron chi connectivity index (χ1n) is 10.1. The third-order valence-electron chi connectivity index (χ3n) is 5.68. The van der Waals surface area contributed by atoms with E-state index in [1.807, 2.05) is 48.5 Å². The predicted molar refractivity (Wildman–Crippen MR) is 118 cm³/mol. The van der Waals surface area contributed by atoms with Crippen molar-refractivity contribution in [1.29, 1.82) is 0 Å². The number of para-hydroxylation sites is 1. The topological polar surface area (TPSA) is 58.4 Å². The lowest BCUT2D eigenvalue weighted by Gasteiger charge is -2.17. The number of methoxy groups -OCH3 is 1. The quantitative estimate of drug-likeness (QED) is 0.419. The van der Waals surface area contributed by atoms with E-state index in [9.17, 15) is 0 Å². The Bertz CT molecular complexity index is 1380. The molecule has 3 aliphatic rings. The molecule has 0 N–H and O–H groups in total. The molecule has 0 saturated carbocycles. The highest BCUT2D eigenvalue weighted by Gasteiger charge is 2.24. The number of pyridine rings is 1. The molecule has 0 spiro atoms. The van der Waals surface area contributed by atoms with Crippen molar-refractivity contribution < 1.29 is 14.2 Å². The first kappa shape index (κ1) is 17.8. The zero-order valence-electron chi connectivity index (χ0n) is 16.9. The number of hydrogen-bond donors (Lipinski definition) is 0. The van der Waals surface area contributed by atoms with Gasteiger partial charge in [-0.3, -0.25) is 0 Å². The molecule has 6 nitrogen and oxygen atoms in total. The number of fused-ring (bicyclic) bond motifs is 4. The van der Waals surface area contributed by atoms with Gasteiger partial charge in [0.05, 0.1) is 19.2 Å². The van der Waals surface area contributed by atoms with Gasteiger partial charge in [-0.25, -0.2) is 0 Å². The number of aromatic nitrogens is 3. The van der Waals surface area contributed by atoms with Crippen LogP contribution in [0.25, 0.3) is 33.4 Å². The maximum Gasteiger partial charge on any atom is 0.231 e. The fourth-order valence-electron chi connectivity index (χ4n) is 4.18. The van der Waals surface area contributed by atoms with Crippen LogP contribution < -0.4 is 14.2 Å². The van der Waals surface area contributed by atoms with Crippen molar-refractivity contribution in [2.24, 2.45) is 0 Å². The van der Waals surface area contributed by atoms with E-state index in [4.69, 9.17) is 14.2 Å². The molecule has 6 heteroatoms. The van der Waals surface area contributed by atoms with Crippen molar-refractivity contribution in [3.05, 3.63) is 78.5 Å². The van der Waals surface area contributed by atoms with Crippen molar-refractivity contribution in [3.63, 3.8) is 0 Å². The molecule has 3 aromatic carbocycles. The molecule has 0 bridgehead atoms. The minimum absolute atomic E-state index is 0.225. The molecule has 0 radical (unpaired) electrons. The van der Waals surface area contributed by atoms with Crippen LogP contribution >= 0.6 is 0 Å². The minimum atomic E-state index is 0.225. The average Bonchev–Trinajstić information content (AvgIpc) is 3.45. The van der Waals surface area contributed by atoms with Gasteiger partial charge in [0.25, 0.3) is 0 Å². The highest BCUT2D eigenvalue weighted by Crippen LogP contribution is 2.42. The molecule has 0 amide bonds. The van der Waals surface area contributed by atoms with Gasteiger partial charge < -0.3 is 18.8 Å². The van der Waals surface area contributed by atoms with Crippen molar-refractivity contribution in [2.75, 3.05) is 13.9 Å². The standard InChI is InChI=1S/C25H19N3O3/c1-29-21-10-6-5-9-17(21)13-28-14-19-24(16-7-3-2-4-8-16)26-27-25(19)18-11-22-23(12-20(18)28)31-15-30-22/h2-12,14H,13,15H2,1H3. The van der Waals surface area contributed by atoms with Gasteiger partial charge in [-0.15, -0.1) is 10.2 Å². The normalized spacial score (nSPS) is 12.5. The molecule has 0 aromatic heterocycles. The van der Waals surface area contributed by atoms with Crippen molar-refractivity contribution in [1.82, 2.24) is 14.8 Å². The monoisotopic (exact) mass is 409 g/mol. The lowest BCUT2D eigenvalue weighted by Crippen LogP contribution is -2.05. The summed E-state index contributed by atoms with van der Waals surface area (Å²) in [5.41, 5.74) is 5.83. The molecule has 0 unspecified atom stereocenters. The molecule has 0 saturated heterocycles. The molecule has 0 atom stereocenters. The summed E-state index contributed by atoms with van der Waals surface area (Å²) in [5.74, 6) is 2.32. The van der Waals surface area contributed by atoms with Crippen LogP contribution in [0.4, 0.5) is 0 Å². The molecule has 6 rings (SSSR count). The van der Waals surface area contributed by atoms with Crippen LogP contribution in [0.3, 0.4) is 0 Å². The number of nitrogens with zero attached hydrogens (tertiary/aromatic N) is 3. The Morgan fingerprint density at radius 2 is 1.65 bits per heavy atom. The minimum Gasteiger partial charge on any atom is -0.496 e. The first-order chi connectivity index (χ1) is 15.3. The molecule has 3 heterocycles. The van der Waals surface area contributed by atoms with E-state index in [1.165, 1.54) is 0 Å². The molecule has 31 heavy (non-hydrogen) atoms. The number of ether oxygens (including phenoxy) is 3. The van der Waals surface area contributed by atoms with Crippen LogP contribution in [0.15, 0.2) is 72.9 Å². The summed E-state index contributed by atoms with van der Waals surface area (Å²) in [7, 11) is 1.70. The van der Waals surface area contributed by atoms with Gasteiger partial charge in [0, 0.05) is 34.3 Å². The summed E-state index contributed by atoms with van der Waals surface area (Å²) >= 11 is 0. The lowest BCUT2D eigenvalue weighted by atomic mass is 10.0. The predicted octanol–water partition coefficient (Wildman–Crippen LogP) is 4.99. The summed E-state index contributed by atoms with van der Waals surface area (Å²) in [4.78, 5) is 0. The second-order valence-electron chi connectivity index (χ2n) is 7.47. The van der Waals surface area contributed by atoms with E-state index in [1.54, 1.807) is 7.11 Å². The molecule has 3 aromatic rings. The molecular formula is C25H19N3O3. The van der Waals surface area contributed by atoms with Gasteiger partial charge in [-0.2, -0.15) is 0 Å². The first-order valence-corrected chi connectivity index (χ1v) is 10.1. The Balaban J connectivity index is 1.61. The Labute approximate surface area is 179 Å². The molecule has 152 valence electrons. The summed E-state index contributed by atoms with van der Waals surface area (Å²) in [5, 5.41) is 10.1. The summed E-state index contributed by atoms with van der Waals surface area (Å²) in [6.45, 7) is 0.860. The van der Waals surface area contributed by atoms with Crippen LogP contribution in [0.2, 0.25) is 0 Å². The zero-order chi connectivity index (χ0) is 20.8. The van der Waals surface area contributed by atoms with E-state index >= 15 is 0 Å². The number of benzene rings is 3. The molecule has 0 fully saturated rings. The summed E-state index contributed by atoms with van der Waals surface area (Å²) in [6, 6.07) is 22.2. The van der Waals surface area contributed by atoms with E-state index in [2.05, 4.69) is 39.2 Å². The van der Waals surface area contributed by atoms with Gasteiger partial charge in [0.15, 0.2) is 11.5 Å². The average molecular weight is 409 g/mol. The van der Waals surface area contributed by atoms with Crippen LogP contribution in [0.1, 0.15) is 5.56 Å². The maximum absolute atomic E-state index is 5.65. The Hall–Kier alpha value is -4.06. The van der Waals surface area contributed by atoms with Crippen molar-refractivity contribution in [2.45, 2.75) is 6.54 Å². The number of rotatable bonds is 4. The maximum atomic E-state index is 5.65. The van der Waals surface area contributed by atoms with Crippen molar-refractivity contribution >= 4 is 10.9 Å². The zero-order valence-corrected chi connectivity index (χ0v) is 16.9. The highest BCUT2D eigenvalue weighted by atomic mass is 16.7. The molecule has 3 aliphatic heterocycles. The largest absolute Gasteiger partial charge is 0.496 e. The third kappa shape index (κ3) is 2.87. The second kappa shape index (κ2) is 7.02. The van der Waals surface area contributed by atoms with Gasteiger partial charge in [0.1, 0.15) is 17.1 Å². The van der Waals surface area contributed by atoms with Crippen LogP contribution in [-0.2, 0) is 6.54 Å². The van der Waals surface area contributed by atoms with Crippen LogP contribution in [0.5, 0.6) is 17.2 Å². The van der Waals surface area contributed by atoms with Gasteiger partial charge >= 0.3 is 0 Å². The van der Waals surface area contributed by atoms with E-state index in [-0.39, 0.29) is 6.79 Å². The summed E-state index contributed by atoms with van der Waals surface area (Å²) in [6.07, 6.45) is 2.12. The number of hydrogen-bond acceptors (Lipinski definition) is 5. The highest BCUT2D eigenvalue weighted by molar-refractivity contribution is 5.99. The fraction of sp³-hybridized carbons (Fsp3) is 0.120. The Morgan fingerprint density at radius 3 is 2.48 bits per heavy atom. The third-order valence-corrected chi connectivity index (χ3v) is 5.68. The fourth-order valence-corrected chi connectivity index (χ4v) is 4.18. The van der Waals surface area contributed by atoms with Crippen LogP contribution in [0, 0.1) is 0 Å². The van der Waals surface area contributed by atoms with Gasteiger partial charge in [0.2, 0.25) is 6.79 Å². The van der Waals surface area contributed by atoms with Gasteiger partial charge in [-0.1, -0.05) is 48.5 Å². The van der Waals surface area contributed by atoms with E-state index in [0.717, 1.165) is 56.2 Å². The van der Waals surface area contributed by atoms with Crippen LogP contribution in [-0.4, -0.2) is 28.7 Å². The van der Waals surface area contributed by atoms with Crippen molar-refractivity contribution in [3.8, 4) is 39.8 Å². The van der Waals surface area contributed by atoms with Gasteiger partial charge in [-0.05, 0) is 12.1 Å². The lowest BCUT2D eigenvalue weighted by molar-refractivity contribution is 0.174. The SMILES string of the molecule is COc1ccccc1Cn1cc2c(-c3ccccc3)nnc-2c2cc3c(cc21)OCO3. The molecule has 0 aliphatic carbocycles. The Morgan fingerprint density at radius 1 is 0.903 bits per heavy atom. The Kier molecular flexibility index (Phi) is 4.02. The van der Waals surface area contributed by atoms with E-state index < -0.39 is 0 Å². The van der Waals surface area contributed by atoms with E-state index in [0.29, 0.717) is 6.54 Å². The molecular weight excluding hydrogens is 390 g/mol.